The molecule has 0 amide bonds. The topological polar surface area (TPSA) is 35.2 Å². The molecule has 0 aliphatic carbocycles. The van der Waals surface area contributed by atoms with Crippen molar-refractivity contribution in [3.05, 3.63) is 35.4 Å². The molecule has 0 aromatic heterocycles. The molecule has 78 valence electrons. The van der Waals surface area contributed by atoms with Crippen LogP contribution in [0.25, 0.3) is 0 Å². The Labute approximate surface area is 86.1 Å². The summed E-state index contributed by atoms with van der Waals surface area (Å²) >= 11 is 0. The predicted molar refractivity (Wildman–Crippen MR) is 59.2 cm³/mol. The SMILES string of the molecule is COC(C)c1cccc(CC(C)N)c1. The normalized spacial score (nSPS) is 15.1. The lowest BCUT2D eigenvalue weighted by atomic mass is 10.0. The van der Waals surface area contributed by atoms with Crippen LogP contribution in [0.5, 0.6) is 0 Å². The van der Waals surface area contributed by atoms with Crippen LogP contribution < -0.4 is 5.73 Å². The second-order valence-corrected chi connectivity index (χ2v) is 3.80. The Morgan fingerprint density at radius 1 is 1.36 bits per heavy atom. The highest BCUT2D eigenvalue weighted by atomic mass is 16.5. The van der Waals surface area contributed by atoms with Crippen LogP contribution in [-0.4, -0.2) is 13.2 Å². The smallest absolute Gasteiger partial charge is 0.0793 e. The summed E-state index contributed by atoms with van der Waals surface area (Å²) in [5.74, 6) is 0. The molecule has 0 saturated heterocycles. The van der Waals surface area contributed by atoms with Crippen LogP contribution in [0.3, 0.4) is 0 Å². The standard InChI is InChI=1S/C12H19NO/c1-9(13)7-11-5-4-6-12(8-11)10(2)14-3/h4-6,8-10H,7,13H2,1-3H3. The van der Waals surface area contributed by atoms with Gasteiger partial charge in [-0.05, 0) is 31.4 Å². The van der Waals surface area contributed by atoms with E-state index < -0.39 is 0 Å². The van der Waals surface area contributed by atoms with Gasteiger partial charge in [0.2, 0.25) is 0 Å². The van der Waals surface area contributed by atoms with E-state index in [0.29, 0.717) is 0 Å². The third kappa shape index (κ3) is 3.13. The van der Waals surface area contributed by atoms with E-state index in [1.54, 1.807) is 7.11 Å². The van der Waals surface area contributed by atoms with Crippen LogP contribution in [0.4, 0.5) is 0 Å². The van der Waals surface area contributed by atoms with Crippen molar-refractivity contribution in [1.82, 2.24) is 0 Å². The van der Waals surface area contributed by atoms with Gasteiger partial charge in [0.05, 0.1) is 6.10 Å². The monoisotopic (exact) mass is 193 g/mol. The van der Waals surface area contributed by atoms with Gasteiger partial charge in [0, 0.05) is 13.2 Å². The number of hydrogen-bond donors (Lipinski definition) is 1. The zero-order valence-corrected chi connectivity index (χ0v) is 9.16. The number of nitrogens with two attached hydrogens (primary N) is 1. The first-order valence-corrected chi connectivity index (χ1v) is 5.00. The second kappa shape index (κ2) is 5.13. The minimum atomic E-state index is 0.156. The van der Waals surface area contributed by atoms with Gasteiger partial charge < -0.3 is 10.5 Å². The summed E-state index contributed by atoms with van der Waals surface area (Å²) in [6.07, 6.45) is 1.08. The maximum absolute atomic E-state index is 5.75. The Balaban J connectivity index is 2.78. The van der Waals surface area contributed by atoms with Gasteiger partial charge in [0.15, 0.2) is 0 Å². The van der Waals surface area contributed by atoms with Gasteiger partial charge >= 0.3 is 0 Å². The third-order valence-corrected chi connectivity index (χ3v) is 2.33. The molecule has 2 nitrogen and oxygen atoms in total. The Kier molecular flexibility index (Phi) is 4.11. The minimum absolute atomic E-state index is 0.156. The van der Waals surface area contributed by atoms with E-state index in [1.807, 2.05) is 13.8 Å². The zero-order valence-electron chi connectivity index (χ0n) is 9.16. The van der Waals surface area contributed by atoms with Crippen molar-refractivity contribution >= 4 is 0 Å². The Bertz CT molecular complexity index is 283. The molecule has 1 rings (SSSR count). The summed E-state index contributed by atoms with van der Waals surface area (Å²) in [4.78, 5) is 0. The summed E-state index contributed by atoms with van der Waals surface area (Å²) in [6.45, 7) is 4.07. The van der Waals surface area contributed by atoms with E-state index in [0.717, 1.165) is 6.42 Å². The van der Waals surface area contributed by atoms with Gasteiger partial charge in [-0.3, -0.25) is 0 Å². The lowest BCUT2D eigenvalue weighted by Crippen LogP contribution is -2.17. The van der Waals surface area contributed by atoms with E-state index in [1.165, 1.54) is 11.1 Å². The number of benzene rings is 1. The molecule has 2 atom stereocenters. The zero-order chi connectivity index (χ0) is 10.6. The molecule has 14 heavy (non-hydrogen) atoms. The molecule has 0 aliphatic heterocycles. The molecule has 2 unspecified atom stereocenters. The van der Waals surface area contributed by atoms with Crippen LogP contribution in [-0.2, 0) is 11.2 Å². The Morgan fingerprint density at radius 2 is 2.07 bits per heavy atom. The molecule has 0 bridgehead atoms. The van der Waals surface area contributed by atoms with Crippen LogP contribution in [0.2, 0.25) is 0 Å². The van der Waals surface area contributed by atoms with Gasteiger partial charge in [0.25, 0.3) is 0 Å². The average Bonchev–Trinajstić information content (AvgIpc) is 2.16. The molecule has 0 aliphatic rings. The quantitative estimate of drug-likeness (QED) is 0.796. The van der Waals surface area contributed by atoms with E-state index in [9.17, 15) is 0 Å². The van der Waals surface area contributed by atoms with E-state index in [4.69, 9.17) is 10.5 Å². The summed E-state index contributed by atoms with van der Waals surface area (Å²) in [5.41, 5.74) is 8.24. The minimum Gasteiger partial charge on any atom is -0.377 e. The fourth-order valence-electron chi connectivity index (χ4n) is 1.48. The maximum Gasteiger partial charge on any atom is 0.0793 e. The molecule has 0 heterocycles. The second-order valence-electron chi connectivity index (χ2n) is 3.80. The van der Waals surface area contributed by atoms with Crippen molar-refractivity contribution in [1.29, 1.82) is 0 Å². The van der Waals surface area contributed by atoms with Crippen LogP contribution in [0, 0.1) is 0 Å². The first-order chi connectivity index (χ1) is 6.63. The molecule has 0 radical (unpaired) electrons. The summed E-state index contributed by atoms with van der Waals surface area (Å²) in [6, 6.07) is 8.62. The number of rotatable bonds is 4. The Morgan fingerprint density at radius 3 is 2.64 bits per heavy atom. The summed E-state index contributed by atoms with van der Waals surface area (Å²) in [7, 11) is 1.73. The van der Waals surface area contributed by atoms with E-state index in [2.05, 4.69) is 24.3 Å². The molecule has 0 saturated carbocycles. The molecule has 2 heteroatoms. The fraction of sp³-hybridized carbons (Fsp3) is 0.500. The van der Waals surface area contributed by atoms with Crippen LogP contribution in [0.15, 0.2) is 24.3 Å². The Hall–Kier alpha value is -0.860. The molecule has 0 spiro atoms. The van der Waals surface area contributed by atoms with Crippen molar-refractivity contribution in [2.75, 3.05) is 7.11 Å². The largest absolute Gasteiger partial charge is 0.377 e. The molecule has 1 aromatic rings. The predicted octanol–water partition coefficient (Wildman–Crippen LogP) is 2.28. The lowest BCUT2D eigenvalue weighted by Gasteiger charge is -2.12. The van der Waals surface area contributed by atoms with Crippen LogP contribution >= 0.6 is 0 Å². The maximum atomic E-state index is 5.75. The van der Waals surface area contributed by atoms with Crippen molar-refractivity contribution in [2.45, 2.75) is 32.4 Å². The summed E-state index contributed by atoms with van der Waals surface area (Å²) in [5, 5.41) is 0. The first kappa shape index (κ1) is 11.2. The van der Waals surface area contributed by atoms with Crippen molar-refractivity contribution in [3.8, 4) is 0 Å². The van der Waals surface area contributed by atoms with Crippen LogP contribution in [0.1, 0.15) is 31.1 Å². The average molecular weight is 193 g/mol. The van der Waals surface area contributed by atoms with E-state index in [-0.39, 0.29) is 12.1 Å². The highest BCUT2D eigenvalue weighted by Crippen LogP contribution is 2.17. The third-order valence-electron chi connectivity index (χ3n) is 2.33. The van der Waals surface area contributed by atoms with Gasteiger partial charge in [-0.1, -0.05) is 24.3 Å². The fourth-order valence-corrected chi connectivity index (χ4v) is 1.48. The molecule has 2 N–H and O–H groups in total. The van der Waals surface area contributed by atoms with Crippen molar-refractivity contribution in [2.24, 2.45) is 5.73 Å². The molecule has 1 aromatic carbocycles. The van der Waals surface area contributed by atoms with Gasteiger partial charge in [-0.15, -0.1) is 0 Å². The van der Waals surface area contributed by atoms with Crippen molar-refractivity contribution < 1.29 is 4.74 Å². The van der Waals surface area contributed by atoms with Gasteiger partial charge in [-0.2, -0.15) is 0 Å². The number of methoxy groups -OCH3 is 1. The van der Waals surface area contributed by atoms with Crippen molar-refractivity contribution in [3.63, 3.8) is 0 Å². The van der Waals surface area contributed by atoms with E-state index >= 15 is 0 Å². The number of ether oxygens (including phenoxy) is 1. The molecular formula is C12H19NO. The summed E-state index contributed by atoms with van der Waals surface area (Å²) < 4.78 is 5.26. The highest BCUT2D eigenvalue weighted by Gasteiger charge is 2.04. The first-order valence-electron chi connectivity index (χ1n) is 5.00. The van der Waals surface area contributed by atoms with Gasteiger partial charge in [-0.25, -0.2) is 0 Å². The lowest BCUT2D eigenvalue weighted by molar-refractivity contribution is 0.119. The highest BCUT2D eigenvalue weighted by molar-refractivity contribution is 5.25. The molecule has 0 fully saturated rings. The number of hydrogen-bond acceptors (Lipinski definition) is 2. The molecular weight excluding hydrogens is 174 g/mol. The van der Waals surface area contributed by atoms with Gasteiger partial charge in [0.1, 0.15) is 0 Å².